The standard InChI is InChI=1S/C21H22ClF4N5O/c1-30(2)20(13-4-3-5-14(23)10-13)8-6-19(7-9-20)12-31(18(32)29-19)15-11-27-17(21(24,25)26)28-16(15)22/h3-5,10-11H,6-9,12H2,1-2H3,(H,29,32)/t19-,20-. The van der Waals surface area contributed by atoms with Crippen molar-refractivity contribution < 1.29 is 22.4 Å². The number of aromatic nitrogens is 2. The first-order valence-electron chi connectivity index (χ1n) is 10.1. The van der Waals surface area contributed by atoms with Crippen molar-refractivity contribution >= 4 is 23.3 Å². The SMILES string of the molecule is CN(C)[C@]1(c2cccc(F)c2)CC[C@@]2(CC1)CN(c1cnc(C(F)(F)F)nc1Cl)C(=O)N2. The van der Waals surface area contributed by atoms with Crippen molar-refractivity contribution in [2.24, 2.45) is 0 Å². The van der Waals surface area contributed by atoms with E-state index in [4.69, 9.17) is 11.6 Å². The molecule has 1 aromatic carbocycles. The van der Waals surface area contributed by atoms with Gasteiger partial charge in [0.25, 0.3) is 0 Å². The summed E-state index contributed by atoms with van der Waals surface area (Å²) >= 11 is 5.97. The fourth-order valence-corrected chi connectivity index (χ4v) is 5.00. The number of nitrogens with one attached hydrogen (secondary N) is 1. The van der Waals surface area contributed by atoms with Gasteiger partial charge in [0.2, 0.25) is 5.82 Å². The molecule has 1 aromatic heterocycles. The summed E-state index contributed by atoms with van der Waals surface area (Å²) in [4.78, 5) is 22.7. The van der Waals surface area contributed by atoms with E-state index in [9.17, 15) is 22.4 Å². The molecule has 0 radical (unpaired) electrons. The Morgan fingerprint density at radius 3 is 2.44 bits per heavy atom. The van der Waals surface area contributed by atoms with E-state index in [0.29, 0.717) is 25.7 Å². The van der Waals surface area contributed by atoms with Crippen LogP contribution in [0.3, 0.4) is 0 Å². The number of anilines is 1. The number of amides is 2. The van der Waals surface area contributed by atoms with Gasteiger partial charge >= 0.3 is 12.2 Å². The third-order valence-corrected chi connectivity index (χ3v) is 6.88. The predicted molar refractivity (Wildman–Crippen MR) is 111 cm³/mol. The second-order valence-electron chi connectivity index (χ2n) is 8.60. The fourth-order valence-electron chi connectivity index (χ4n) is 4.77. The van der Waals surface area contributed by atoms with Crippen LogP contribution in [0.4, 0.5) is 28.0 Å². The molecule has 172 valence electrons. The molecule has 4 rings (SSSR count). The molecule has 1 spiro atoms. The molecule has 2 aromatic rings. The highest BCUT2D eigenvalue weighted by Gasteiger charge is 2.51. The van der Waals surface area contributed by atoms with E-state index in [2.05, 4.69) is 20.2 Å². The largest absolute Gasteiger partial charge is 0.451 e. The lowest BCUT2D eigenvalue weighted by atomic mass is 9.69. The van der Waals surface area contributed by atoms with Gasteiger partial charge in [0.15, 0.2) is 5.15 Å². The summed E-state index contributed by atoms with van der Waals surface area (Å²) in [5.74, 6) is -1.66. The van der Waals surface area contributed by atoms with Crippen LogP contribution < -0.4 is 10.2 Å². The second-order valence-corrected chi connectivity index (χ2v) is 8.96. The van der Waals surface area contributed by atoms with Crippen molar-refractivity contribution in [3.05, 3.63) is 52.8 Å². The number of nitrogens with zero attached hydrogens (tertiary/aromatic N) is 4. The summed E-state index contributed by atoms with van der Waals surface area (Å²) < 4.78 is 52.4. The van der Waals surface area contributed by atoms with Gasteiger partial charge in [0, 0.05) is 5.54 Å². The fraction of sp³-hybridized carbons (Fsp3) is 0.476. The summed E-state index contributed by atoms with van der Waals surface area (Å²) in [6, 6.07) is 6.07. The van der Waals surface area contributed by atoms with Crippen LogP contribution in [-0.2, 0) is 11.7 Å². The molecule has 1 aliphatic carbocycles. The van der Waals surface area contributed by atoms with Crippen LogP contribution in [0.5, 0.6) is 0 Å². The van der Waals surface area contributed by atoms with Crippen LogP contribution in [0.1, 0.15) is 37.1 Å². The Hall–Kier alpha value is -2.46. The molecule has 1 N–H and O–H groups in total. The Bertz CT molecular complexity index is 1040. The monoisotopic (exact) mass is 471 g/mol. The summed E-state index contributed by atoms with van der Waals surface area (Å²) in [7, 11) is 3.89. The molecule has 0 bridgehead atoms. The van der Waals surface area contributed by atoms with Gasteiger partial charge in [0.1, 0.15) is 11.5 Å². The topological polar surface area (TPSA) is 61.4 Å². The third-order valence-electron chi connectivity index (χ3n) is 6.60. The highest BCUT2D eigenvalue weighted by molar-refractivity contribution is 6.32. The Labute approximate surface area is 187 Å². The highest BCUT2D eigenvalue weighted by atomic mass is 35.5. The van der Waals surface area contributed by atoms with E-state index in [1.165, 1.54) is 17.0 Å². The quantitative estimate of drug-likeness (QED) is 0.525. The summed E-state index contributed by atoms with van der Waals surface area (Å²) in [5, 5.41) is 2.55. The van der Waals surface area contributed by atoms with Gasteiger partial charge in [0.05, 0.1) is 18.3 Å². The summed E-state index contributed by atoms with van der Waals surface area (Å²) in [6.07, 6.45) is -1.28. The van der Waals surface area contributed by atoms with E-state index in [-0.39, 0.29) is 23.6 Å². The number of carbonyl (C=O) groups is 1. The maximum absolute atomic E-state index is 13.9. The molecule has 1 aliphatic heterocycles. The zero-order chi connectivity index (χ0) is 23.3. The Balaban J connectivity index is 1.56. The van der Waals surface area contributed by atoms with Gasteiger partial charge in [-0.2, -0.15) is 13.2 Å². The van der Waals surface area contributed by atoms with E-state index < -0.39 is 28.7 Å². The van der Waals surface area contributed by atoms with Crippen molar-refractivity contribution in [3.8, 4) is 0 Å². The summed E-state index contributed by atoms with van der Waals surface area (Å²) in [5.41, 5.74) is -0.0577. The lowest BCUT2D eigenvalue weighted by Crippen LogP contribution is -2.54. The first-order chi connectivity index (χ1) is 15.0. The lowest BCUT2D eigenvalue weighted by molar-refractivity contribution is -0.144. The van der Waals surface area contributed by atoms with Gasteiger partial charge in [-0.05, 0) is 57.5 Å². The lowest BCUT2D eigenvalue weighted by Gasteiger charge is -2.48. The molecule has 6 nitrogen and oxygen atoms in total. The molecule has 1 saturated heterocycles. The molecule has 2 amide bonds. The average molecular weight is 472 g/mol. The number of hydrogen-bond acceptors (Lipinski definition) is 4. The Morgan fingerprint density at radius 1 is 1.19 bits per heavy atom. The molecule has 0 unspecified atom stereocenters. The van der Waals surface area contributed by atoms with Crippen LogP contribution in [-0.4, -0.2) is 47.1 Å². The van der Waals surface area contributed by atoms with E-state index in [0.717, 1.165) is 11.8 Å². The van der Waals surface area contributed by atoms with Crippen LogP contribution in [0.25, 0.3) is 0 Å². The molecule has 2 heterocycles. The third kappa shape index (κ3) is 3.90. The molecular formula is C21H22ClF4N5O. The zero-order valence-corrected chi connectivity index (χ0v) is 18.3. The summed E-state index contributed by atoms with van der Waals surface area (Å²) in [6.45, 7) is 0.229. The van der Waals surface area contributed by atoms with E-state index >= 15 is 0 Å². The molecule has 0 atom stereocenters. The predicted octanol–water partition coefficient (Wildman–Crippen LogP) is 4.59. The van der Waals surface area contributed by atoms with Gasteiger partial charge < -0.3 is 5.32 Å². The first-order valence-corrected chi connectivity index (χ1v) is 10.5. The van der Waals surface area contributed by atoms with Crippen molar-refractivity contribution in [1.82, 2.24) is 20.2 Å². The molecule has 2 fully saturated rings. The van der Waals surface area contributed by atoms with Crippen molar-refractivity contribution in [2.75, 3.05) is 25.5 Å². The molecule has 1 saturated carbocycles. The zero-order valence-electron chi connectivity index (χ0n) is 17.5. The number of rotatable bonds is 3. The average Bonchev–Trinajstić information content (AvgIpc) is 3.03. The molecular weight excluding hydrogens is 450 g/mol. The second kappa shape index (κ2) is 7.84. The number of carbonyl (C=O) groups excluding carboxylic acids is 1. The molecule has 11 heteroatoms. The minimum atomic E-state index is -4.73. The van der Waals surface area contributed by atoms with Crippen LogP contribution in [0.2, 0.25) is 5.15 Å². The van der Waals surface area contributed by atoms with E-state index in [1.807, 2.05) is 20.2 Å². The number of benzene rings is 1. The molecule has 32 heavy (non-hydrogen) atoms. The number of urea groups is 1. The van der Waals surface area contributed by atoms with Gasteiger partial charge in [-0.25, -0.2) is 19.2 Å². The van der Waals surface area contributed by atoms with Crippen molar-refractivity contribution in [1.29, 1.82) is 0 Å². The Morgan fingerprint density at radius 2 is 1.88 bits per heavy atom. The number of halogens is 5. The first kappa shape index (κ1) is 22.7. The smallest absolute Gasteiger partial charge is 0.330 e. The maximum Gasteiger partial charge on any atom is 0.451 e. The number of hydrogen-bond donors (Lipinski definition) is 1. The minimum Gasteiger partial charge on any atom is -0.330 e. The van der Waals surface area contributed by atoms with E-state index in [1.54, 1.807) is 6.07 Å². The van der Waals surface area contributed by atoms with Gasteiger partial charge in [-0.15, -0.1) is 0 Å². The maximum atomic E-state index is 13.9. The van der Waals surface area contributed by atoms with Crippen LogP contribution in [0.15, 0.2) is 30.5 Å². The van der Waals surface area contributed by atoms with Crippen LogP contribution in [0, 0.1) is 5.82 Å². The van der Waals surface area contributed by atoms with Crippen LogP contribution >= 0.6 is 11.6 Å². The normalized spacial score (nSPS) is 26.1. The Kier molecular flexibility index (Phi) is 5.57. The minimum absolute atomic E-state index is 0.0311. The van der Waals surface area contributed by atoms with Crippen molar-refractivity contribution in [2.45, 2.75) is 42.9 Å². The highest BCUT2D eigenvalue weighted by Crippen LogP contribution is 2.47. The number of alkyl halides is 3. The van der Waals surface area contributed by atoms with Gasteiger partial charge in [-0.3, -0.25) is 9.80 Å². The van der Waals surface area contributed by atoms with Crippen molar-refractivity contribution in [3.63, 3.8) is 0 Å². The van der Waals surface area contributed by atoms with Gasteiger partial charge in [-0.1, -0.05) is 23.7 Å². The molecule has 2 aliphatic rings.